The monoisotopic (exact) mass is 249 g/mol. The fraction of sp³-hybridized carbons (Fsp3) is 0.625. The zero-order valence-corrected chi connectivity index (χ0v) is 12.2. The van der Waals surface area contributed by atoms with Crippen LogP contribution in [0.15, 0.2) is 24.3 Å². The van der Waals surface area contributed by atoms with E-state index in [0.717, 1.165) is 31.2 Å². The molecular formula is C16H27NO. The van der Waals surface area contributed by atoms with Gasteiger partial charge in [-0.2, -0.15) is 0 Å². The van der Waals surface area contributed by atoms with Gasteiger partial charge >= 0.3 is 0 Å². The van der Waals surface area contributed by atoms with Crippen molar-refractivity contribution in [3.63, 3.8) is 0 Å². The number of hydrogen-bond acceptors (Lipinski definition) is 2. The molecule has 0 saturated carbocycles. The molecule has 1 N–H and O–H groups in total. The van der Waals surface area contributed by atoms with Gasteiger partial charge in [0.15, 0.2) is 0 Å². The Morgan fingerprint density at radius 2 is 1.89 bits per heavy atom. The second-order valence-corrected chi connectivity index (χ2v) is 5.51. The summed E-state index contributed by atoms with van der Waals surface area (Å²) in [4.78, 5) is 0. The van der Waals surface area contributed by atoms with Crippen molar-refractivity contribution in [3.05, 3.63) is 29.8 Å². The van der Waals surface area contributed by atoms with Crippen molar-refractivity contribution in [3.8, 4) is 5.75 Å². The minimum Gasteiger partial charge on any atom is -0.496 e. The fourth-order valence-electron chi connectivity index (χ4n) is 2.09. The van der Waals surface area contributed by atoms with E-state index in [1.54, 1.807) is 7.11 Å². The van der Waals surface area contributed by atoms with Crippen molar-refractivity contribution in [1.82, 2.24) is 5.32 Å². The molecule has 1 aromatic carbocycles. The molecule has 0 aromatic heterocycles. The van der Waals surface area contributed by atoms with Gasteiger partial charge in [-0.15, -0.1) is 0 Å². The minimum atomic E-state index is 0.681. The van der Waals surface area contributed by atoms with E-state index in [-0.39, 0.29) is 0 Å². The molecular weight excluding hydrogens is 222 g/mol. The van der Waals surface area contributed by atoms with E-state index in [0.29, 0.717) is 5.92 Å². The van der Waals surface area contributed by atoms with Gasteiger partial charge in [-0.25, -0.2) is 0 Å². The number of ether oxygens (including phenoxy) is 1. The molecule has 1 rings (SSSR count). The maximum atomic E-state index is 5.39. The van der Waals surface area contributed by atoms with Crippen LogP contribution in [0.1, 0.15) is 32.8 Å². The Labute approximate surface area is 112 Å². The van der Waals surface area contributed by atoms with Gasteiger partial charge in [-0.1, -0.05) is 39.0 Å². The molecule has 0 bridgehead atoms. The van der Waals surface area contributed by atoms with E-state index in [2.05, 4.69) is 38.2 Å². The fourth-order valence-corrected chi connectivity index (χ4v) is 2.09. The summed E-state index contributed by atoms with van der Waals surface area (Å²) in [5.41, 5.74) is 1.32. The molecule has 0 amide bonds. The predicted octanol–water partition coefficient (Wildman–Crippen LogP) is 3.51. The third-order valence-corrected chi connectivity index (χ3v) is 3.13. The average molecular weight is 249 g/mol. The third kappa shape index (κ3) is 5.54. The summed E-state index contributed by atoms with van der Waals surface area (Å²) >= 11 is 0. The van der Waals surface area contributed by atoms with Crippen LogP contribution in [0.5, 0.6) is 5.75 Å². The highest BCUT2D eigenvalue weighted by Crippen LogP contribution is 2.21. The molecule has 0 aliphatic heterocycles. The van der Waals surface area contributed by atoms with Crippen LogP contribution >= 0.6 is 0 Å². The molecule has 0 heterocycles. The summed E-state index contributed by atoms with van der Waals surface area (Å²) in [5, 5.41) is 3.50. The zero-order chi connectivity index (χ0) is 13.4. The van der Waals surface area contributed by atoms with Gasteiger partial charge in [-0.05, 0) is 49.4 Å². The molecule has 0 aliphatic carbocycles. The zero-order valence-electron chi connectivity index (χ0n) is 12.2. The van der Waals surface area contributed by atoms with Gasteiger partial charge in [0.25, 0.3) is 0 Å². The van der Waals surface area contributed by atoms with Crippen molar-refractivity contribution < 1.29 is 4.74 Å². The lowest BCUT2D eigenvalue weighted by Gasteiger charge is -2.15. The maximum absolute atomic E-state index is 5.39. The van der Waals surface area contributed by atoms with Crippen LogP contribution in [-0.2, 0) is 6.42 Å². The van der Waals surface area contributed by atoms with Crippen LogP contribution < -0.4 is 10.1 Å². The van der Waals surface area contributed by atoms with E-state index in [9.17, 15) is 0 Å². The number of benzene rings is 1. The molecule has 0 radical (unpaired) electrons. The van der Waals surface area contributed by atoms with E-state index in [4.69, 9.17) is 4.74 Å². The molecule has 1 unspecified atom stereocenters. The van der Waals surface area contributed by atoms with Crippen LogP contribution in [0.2, 0.25) is 0 Å². The van der Waals surface area contributed by atoms with Crippen LogP contribution in [0, 0.1) is 11.8 Å². The predicted molar refractivity (Wildman–Crippen MR) is 78.2 cm³/mol. The number of rotatable bonds is 8. The molecule has 0 saturated heterocycles. The number of methoxy groups -OCH3 is 1. The van der Waals surface area contributed by atoms with Gasteiger partial charge in [0, 0.05) is 0 Å². The topological polar surface area (TPSA) is 21.3 Å². The first kappa shape index (κ1) is 15.0. The Morgan fingerprint density at radius 1 is 1.17 bits per heavy atom. The smallest absolute Gasteiger partial charge is 0.122 e. The molecule has 2 nitrogen and oxygen atoms in total. The quantitative estimate of drug-likeness (QED) is 0.712. The van der Waals surface area contributed by atoms with Crippen molar-refractivity contribution in [2.75, 3.05) is 20.2 Å². The van der Waals surface area contributed by atoms with Gasteiger partial charge in [0.2, 0.25) is 0 Å². The van der Waals surface area contributed by atoms with Gasteiger partial charge in [0.05, 0.1) is 7.11 Å². The lowest BCUT2D eigenvalue weighted by molar-refractivity contribution is 0.402. The van der Waals surface area contributed by atoms with Gasteiger partial charge in [0.1, 0.15) is 5.75 Å². The normalized spacial score (nSPS) is 12.7. The Bertz CT molecular complexity index is 336. The van der Waals surface area contributed by atoms with Crippen molar-refractivity contribution in [1.29, 1.82) is 0 Å². The van der Waals surface area contributed by atoms with Crippen LogP contribution in [0.3, 0.4) is 0 Å². The maximum Gasteiger partial charge on any atom is 0.122 e. The van der Waals surface area contributed by atoms with Gasteiger partial charge < -0.3 is 10.1 Å². The van der Waals surface area contributed by atoms with E-state index in [1.165, 1.54) is 12.0 Å². The molecule has 1 aromatic rings. The summed E-state index contributed by atoms with van der Waals surface area (Å²) < 4.78 is 5.39. The second-order valence-electron chi connectivity index (χ2n) is 5.51. The second kappa shape index (κ2) is 8.15. The van der Waals surface area contributed by atoms with Crippen LogP contribution in [0.25, 0.3) is 0 Å². The number of para-hydroxylation sites is 1. The highest BCUT2D eigenvalue weighted by Gasteiger charge is 2.07. The highest BCUT2D eigenvalue weighted by atomic mass is 16.5. The average Bonchev–Trinajstić information content (AvgIpc) is 2.35. The Hall–Kier alpha value is -1.02. The minimum absolute atomic E-state index is 0.681. The van der Waals surface area contributed by atoms with Crippen LogP contribution in [-0.4, -0.2) is 20.2 Å². The Kier molecular flexibility index (Phi) is 6.81. The summed E-state index contributed by atoms with van der Waals surface area (Å²) in [7, 11) is 1.74. The largest absolute Gasteiger partial charge is 0.496 e. The molecule has 0 spiro atoms. The van der Waals surface area contributed by atoms with Crippen LogP contribution in [0.4, 0.5) is 0 Å². The molecule has 2 heteroatoms. The summed E-state index contributed by atoms with van der Waals surface area (Å²) in [5.74, 6) is 2.43. The molecule has 0 fully saturated rings. The van der Waals surface area contributed by atoms with Crippen molar-refractivity contribution >= 4 is 0 Å². The number of nitrogens with one attached hydrogen (secondary N) is 1. The Morgan fingerprint density at radius 3 is 2.56 bits per heavy atom. The lowest BCUT2D eigenvalue weighted by Crippen LogP contribution is -2.22. The highest BCUT2D eigenvalue weighted by molar-refractivity contribution is 5.33. The third-order valence-electron chi connectivity index (χ3n) is 3.13. The Balaban J connectivity index is 2.33. The van der Waals surface area contributed by atoms with E-state index in [1.807, 2.05) is 12.1 Å². The summed E-state index contributed by atoms with van der Waals surface area (Å²) in [6, 6.07) is 8.31. The SMILES string of the molecule is COc1ccccc1CC(C)CCNCC(C)C. The number of hydrogen-bond donors (Lipinski definition) is 1. The first-order valence-electron chi connectivity index (χ1n) is 6.96. The standard InChI is InChI=1S/C16H27NO/c1-13(2)12-17-10-9-14(3)11-15-7-5-6-8-16(15)18-4/h5-8,13-14,17H,9-12H2,1-4H3. The molecule has 0 aliphatic rings. The first-order chi connectivity index (χ1) is 8.63. The lowest BCUT2D eigenvalue weighted by atomic mass is 9.97. The van der Waals surface area contributed by atoms with E-state index >= 15 is 0 Å². The van der Waals surface area contributed by atoms with E-state index < -0.39 is 0 Å². The summed E-state index contributed by atoms with van der Waals surface area (Å²) in [6.45, 7) is 9.01. The first-order valence-corrected chi connectivity index (χ1v) is 6.96. The summed E-state index contributed by atoms with van der Waals surface area (Å²) in [6.07, 6.45) is 2.30. The van der Waals surface area contributed by atoms with Crippen molar-refractivity contribution in [2.45, 2.75) is 33.6 Å². The van der Waals surface area contributed by atoms with Crippen molar-refractivity contribution in [2.24, 2.45) is 11.8 Å². The molecule has 18 heavy (non-hydrogen) atoms. The van der Waals surface area contributed by atoms with Gasteiger partial charge in [-0.3, -0.25) is 0 Å². The molecule has 102 valence electrons. The molecule has 1 atom stereocenters.